The summed E-state index contributed by atoms with van der Waals surface area (Å²) in [5.41, 5.74) is 2.96. The number of nitrogens with one attached hydrogen (secondary N) is 1. The molecule has 2 aromatic heterocycles. The minimum atomic E-state index is 0.0252. The van der Waals surface area contributed by atoms with E-state index in [1.54, 1.807) is 11.3 Å². The van der Waals surface area contributed by atoms with Crippen molar-refractivity contribution >= 4 is 27.4 Å². The topological polar surface area (TPSA) is 74.1 Å². The van der Waals surface area contributed by atoms with Crippen LogP contribution < -0.4 is 5.32 Å². The Hall–Kier alpha value is -2.53. The maximum absolute atomic E-state index is 9.20. The minimum Gasteiger partial charge on any atom is -0.379 e. The number of hydrogen-bond donors (Lipinski definition) is 1. The number of morpholine rings is 1. The highest BCUT2D eigenvalue weighted by Crippen LogP contribution is 2.35. The second-order valence-corrected chi connectivity index (χ2v) is 8.65. The molecule has 6 nitrogen and oxygen atoms in total. The highest BCUT2D eigenvalue weighted by molar-refractivity contribution is 7.18. The van der Waals surface area contributed by atoms with E-state index >= 15 is 0 Å². The van der Waals surface area contributed by atoms with Crippen molar-refractivity contribution in [3.8, 4) is 6.07 Å². The Morgan fingerprint density at radius 2 is 2.07 bits per heavy atom. The number of hydrogen-bond acceptors (Lipinski definition) is 7. The standard InChI is InChI=1S/C22H25N5OS/c1-14-16(3)29-22-20(14)21(24-15(2)18-6-4-5-17(11-18)12-23)25-19(26-22)13-27-7-9-28-10-8-27/h4-6,11,15H,7-10,13H2,1-3H3,(H,24,25,26). The minimum absolute atomic E-state index is 0.0252. The lowest BCUT2D eigenvalue weighted by Gasteiger charge is -2.26. The van der Waals surface area contributed by atoms with E-state index in [9.17, 15) is 5.26 Å². The lowest BCUT2D eigenvalue weighted by atomic mass is 10.1. The summed E-state index contributed by atoms with van der Waals surface area (Å²) >= 11 is 1.72. The number of aryl methyl sites for hydroxylation is 2. The average molecular weight is 408 g/mol. The van der Waals surface area contributed by atoms with Crippen LogP contribution in [0.2, 0.25) is 0 Å². The predicted molar refractivity (Wildman–Crippen MR) is 116 cm³/mol. The number of ether oxygens (including phenoxy) is 1. The number of rotatable bonds is 5. The van der Waals surface area contributed by atoms with Crippen LogP contribution in [0.3, 0.4) is 0 Å². The molecule has 29 heavy (non-hydrogen) atoms. The Balaban J connectivity index is 1.68. The Kier molecular flexibility index (Phi) is 5.76. The van der Waals surface area contributed by atoms with Gasteiger partial charge in [-0.15, -0.1) is 11.3 Å². The first-order valence-corrected chi connectivity index (χ1v) is 10.7. The first kappa shape index (κ1) is 19.8. The Morgan fingerprint density at radius 1 is 1.28 bits per heavy atom. The van der Waals surface area contributed by atoms with Crippen LogP contribution in [-0.4, -0.2) is 41.2 Å². The summed E-state index contributed by atoms with van der Waals surface area (Å²) in [6.07, 6.45) is 0. The first-order valence-electron chi connectivity index (χ1n) is 9.88. The van der Waals surface area contributed by atoms with Gasteiger partial charge >= 0.3 is 0 Å². The van der Waals surface area contributed by atoms with Gasteiger partial charge in [0.05, 0.1) is 42.8 Å². The molecule has 1 atom stereocenters. The molecule has 1 N–H and O–H groups in total. The summed E-state index contributed by atoms with van der Waals surface area (Å²) in [5.74, 6) is 1.70. The smallest absolute Gasteiger partial charge is 0.146 e. The second kappa shape index (κ2) is 8.46. The fourth-order valence-corrected chi connectivity index (χ4v) is 4.64. The summed E-state index contributed by atoms with van der Waals surface area (Å²) in [6, 6.07) is 9.95. The van der Waals surface area contributed by atoms with E-state index in [4.69, 9.17) is 14.7 Å². The summed E-state index contributed by atoms with van der Waals surface area (Å²) in [6.45, 7) is 10.4. The molecule has 7 heteroatoms. The van der Waals surface area contributed by atoms with E-state index in [-0.39, 0.29) is 6.04 Å². The van der Waals surface area contributed by atoms with E-state index in [1.807, 2.05) is 24.3 Å². The van der Waals surface area contributed by atoms with Crippen LogP contribution in [0.4, 0.5) is 5.82 Å². The number of thiophene rings is 1. The predicted octanol–water partition coefficient (Wildman–Crippen LogP) is 4.19. The molecule has 150 valence electrons. The van der Waals surface area contributed by atoms with Gasteiger partial charge in [0.15, 0.2) is 0 Å². The van der Waals surface area contributed by atoms with Crippen LogP contribution in [0.15, 0.2) is 24.3 Å². The zero-order valence-corrected chi connectivity index (χ0v) is 17.8. The van der Waals surface area contributed by atoms with Crippen LogP contribution in [0.1, 0.15) is 40.4 Å². The fraction of sp³-hybridized carbons (Fsp3) is 0.409. The molecule has 3 aromatic rings. The molecule has 0 spiro atoms. The molecule has 0 amide bonds. The maximum Gasteiger partial charge on any atom is 0.146 e. The molecule has 0 saturated carbocycles. The average Bonchev–Trinajstić information content (AvgIpc) is 3.02. The van der Waals surface area contributed by atoms with Crippen LogP contribution in [0, 0.1) is 25.2 Å². The monoisotopic (exact) mass is 407 g/mol. The zero-order valence-electron chi connectivity index (χ0n) is 17.0. The summed E-state index contributed by atoms with van der Waals surface area (Å²) in [5, 5.41) is 13.9. The van der Waals surface area contributed by atoms with Crippen LogP contribution in [0.25, 0.3) is 10.2 Å². The Morgan fingerprint density at radius 3 is 2.83 bits per heavy atom. The molecule has 0 aliphatic carbocycles. The van der Waals surface area contributed by atoms with E-state index in [0.717, 1.165) is 60.3 Å². The molecule has 1 aromatic carbocycles. The van der Waals surface area contributed by atoms with Crippen molar-refractivity contribution in [2.45, 2.75) is 33.4 Å². The van der Waals surface area contributed by atoms with Crippen molar-refractivity contribution in [1.82, 2.24) is 14.9 Å². The second-order valence-electron chi connectivity index (χ2n) is 7.44. The molecule has 1 unspecified atom stereocenters. The highest BCUT2D eigenvalue weighted by atomic mass is 32.1. The molecule has 3 heterocycles. The van der Waals surface area contributed by atoms with Gasteiger partial charge in [-0.1, -0.05) is 12.1 Å². The van der Waals surface area contributed by atoms with Crippen molar-refractivity contribution in [2.75, 3.05) is 31.6 Å². The van der Waals surface area contributed by atoms with Crippen LogP contribution in [-0.2, 0) is 11.3 Å². The number of benzene rings is 1. The maximum atomic E-state index is 9.20. The van der Waals surface area contributed by atoms with Crippen molar-refractivity contribution in [2.24, 2.45) is 0 Å². The van der Waals surface area contributed by atoms with E-state index in [1.165, 1.54) is 10.4 Å². The first-order chi connectivity index (χ1) is 14.0. The number of nitrogens with zero attached hydrogens (tertiary/aromatic N) is 4. The normalized spacial score (nSPS) is 15.9. The molecule has 4 rings (SSSR count). The van der Waals surface area contributed by atoms with Crippen LogP contribution in [0.5, 0.6) is 0 Å². The van der Waals surface area contributed by atoms with Gasteiger partial charge in [-0.25, -0.2) is 9.97 Å². The summed E-state index contributed by atoms with van der Waals surface area (Å²) in [7, 11) is 0. The molecule has 1 saturated heterocycles. The molecule has 0 radical (unpaired) electrons. The highest BCUT2D eigenvalue weighted by Gasteiger charge is 2.19. The van der Waals surface area contributed by atoms with Gasteiger partial charge in [-0.05, 0) is 44.0 Å². The quantitative estimate of drug-likeness (QED) is 0.684. The van der Waals surface area contributed by atoms with Crippen LogP contribution >= 0.6 is 11.3 Å². The lowest BCUT2D eigenvalue weighted by Crippen LogP contribution is -2.36. The van der Waals surface area contributed by atoms with E-state index in [0.29, 0.717) is 5.56 Å². The van der Waals surface area contributed by atoms with Gasteiger partial charge in [0.1, 0.15) is 16.5 Å². The summed E-state index contributed by atoms with van der Waals surface area (Å²) < 4.78 is 5.46. The SMILES string of the molecule is Cc1sc2nc(CN3CCOCC3)nc(NC(C)c3cccc(C#N)c3)c2c1C. The number of fused-ring (bicyclic) bond motifs is 1. The third kappa shape index (κ3) is 4.25. The molecule has 0 bridgehead atoms. The van der Waals surface area contributed by atoms with Gasteiger partial charge in [0.2, 0.25) is 0 Å². The zero-order chi connectivity index (χ0) is 20.4. The van der Waals surface area contributed by atoms with Gasteiger partial charge in [0.25, 0.3) is 0 Å². The fourth-order valence-electron chi connectivity index (χ4n) is 3.59. The Bertz CT molecular complexity index is 1060. The van der Waals surface area contributed by atoms with Crippen molar-refractivity contribution < 1.29 is 4.74 Å². The molecular weight excluding hydrogens is 382 g/mol. The summed E-state index contributed by atoms with van der Waals surface area (Å²) in [4.78, 5) is 14.4. The van der Waals surface area contributed by atoms with Gasteiger partial charge in [-0.2, -0.15) is 5.26 Å². The molecular formula is C22H25N5OS. The lowest BCUT2D eigenvalue weighted by molar-refractivity contribution is 0.0331. The van der Waals surface area contributed by atoms with E-state index in [2.05, 4.69) is 37.1 Å². The van der Waals surface area contributed by atoms with E-state index < -0.39 is 0 Å². The number of nitriles is 1. The third-order valence-electron chi connectivity index (χ3n) is 5.41. The largest absolute Gasteiger partial charge is 0.379 e. The molecule has 1 aliphatic rings. The van der Waals surface area contributed by atoms with Crippen molar-refractivity contribution in [1.29, 1.82) is 5.26 Å². The molecule has 1 aliphatic heterocycles. The van der Waals surface area contributed by atoms with Gasteiger partial charge in [-0.3, -0.25) is 4.90 Å². The molecule has 1 fully saturated rings. The Labute approximate surface area is 175 Å². The van der Waals surface area contributed by atoms with Gasteiger partial charge in [0, 0.05) is 18.0 Å². The van der Waals surface area contributed by atoms with Crippen molar-refractivity contribution in [3.05, 3.63) is 51.7 Å². The number of anilines is 1. The van der Waals surface area contributed by atoms with Gasteiger partial charge < -0.3 is 10.1 Å². The number of aromatic nitrogens is 2. The third-order valence-corrected chi connectivity index (χ3v) is 6.51. The van der Waals surface area contributed by atoms with Crippen molar-refractivity contribution in [3.63, 3.8) is 0 Å².